The number of amidine groups is 1. The van der Waals surface area contributed by atoms with Crippen molar-refractivity contribution in [2.24, 2.45) is 4.99 Å². The first-order valence-electron chi connectivity index (χ1n) is 6.66. The first-order chi connectivity index (χ1) is 11.0. The Morgan fingerprint density at radius 1 is 1.13 bits per heavy atom. The Hall–Kier alpha value is -2.99. The summed E-state index contributed by atoms with van der Waals surface area (Å²) in [5, 5.41) is 13.8. The molecule has 23 heavy (non-hydrogen) atoms. The zero-order chi connectivity index (χ0) is 16.4. The molecule has 2 aromatic carbocycles. The third-order valence-corrected chi connectivity index (χ3v) is 3.59. The number of non-ortho nitro benzene ring substituents is 1. The van der Waals surface area contributed by atoms with Gasteiger partial charge in [-0.3, -0.25) is 14.9 Å². The van der Waals surface area contributed by atoms with Gasteiger partial charge in [0.25, 0.3) is 11.6 Å². The molecule has 7 heteroatoms. The molecule has 1 amide bonds. The summed E-state index contributed by atoms with van der Waals surface area (Å²) in [7, 11) is 0. The number of amides is 1. The van der Waals surface area contributed by atoms with E-state index >= 15 is 0 Å². The van der Waals surface area contributed by atoms with Gasteiger partial charge in [-0.25, -0.2) is 4.99 Å². The quantitative estimate of drug-likeness (QED) is 0.534. The number of aliphatic imine (C=N–C) groups is 1. The molecule has 0 atom stereocenters. The van der Waals surface area contributed by atoms with Gasteiger partial charge >= 0.3 is 0 Å². The zero-order valence-corrected chi connectivity index (χ0v) is 12.4. The summed E-state index contributed by atoms with van der Waals surface area (Å²) in [5.41, 5.74) is 1.48. The van der Waals surface area contributed by atoms with Crippen LogP contribution in [-0.2, 0) is 4.79 Å². The lowest BCUT2D eigenvalue weighted by Crippen LogP contribution is -2.24. The summed E-state index contributed by atoms with van der Waals surface area (Å²) in [6.07, 6.45) is 1.59. The Labute approximate surface area is 136 Å². The molecular weight excluding hydrogens is 318 g/mol. The topological polar surface area (TPSA) is 84.6 Å². The molecule has 3 rings (SSSR count). The van der Waals surface area contributed by atoms with Crippen molar-refractivity contribution in [3.8, 4) is 0 Å². The van der Waals surface area contributed by atoms with E-state index < -0.39 is 4.92 Å². The Morgan fingerprint density at radius 2 is 1.83 bits per heavy atom. The van der Waals surface area contributed by atoms with Crippen molar-refractivity contribution in [2.45, 2.75) is 0 Å². The fourth-order valence-electron chi connectivity index (χ4n) is 2.09. The molecule has 6 nitrogen and oxygen atoms in total. The van der Waals surface area contributed by atoms with Crippen molar-refractivity contribution in [1.29, 1.82) is 0 Å². The van der Waals surface area contributed by atoms with E-state index in [0.717, 1.165) is 0 Å². The zero-order valence-electron chi connectivity index (χ0n) is 11.7. The van der Waals surface area contributed by atoms with Gasteiger partial charge in [0.15, 0.2) is 0 Å². The standard InChI is InChI=1S/C16H10ClN3O3/c17-13-4-2-1-3-11(13)9-14-16(21)19-15(18-14)10-5-7-12(8-6-10)20(22)23/h1-9H,(H,18,19,21)/b14-9-. The van der Waals surface area contributed by atoms with Crippen LogP contribution in [0.5, 0.6) is 0 Å². The van der Waals surface area contributed by atoms with Crippen molar-refractivity contribution in [2.75, 3.05) is 0 Å². The molecular formula is C16H10ClN3O3. The molecule has 114 valence electrons. The van der Waals surface area contributed by atoms with Crippen molar-refractivity contribution < 1.29 is 9.72 Å². The second-order valence-corrected chi connectivity index (χ2v) is 5.18. The SMILES string of the molecule is O=C1NC(c2ccc([N+](=O)[O-])cc2)=N/C1=C\c1ccccc1Cl. The second-order valence-electron chi connectivity index (χ2n) is 4.77. The van der Waals surface area contributed by atoms with Crippen LogP contribution in [0.25, 0.3) is 6.08 Å². The number of nitro benzene ring substituents is 1. The fourth-order valence-corrected chi connectivity index (χ4v) is 2.28. The van der Waals surface area contributed by atoms with Gasteiger partial charge in [-0.05, 0) is 29.8 Å². The predicted octanol–water partition coefficient (Wildman–Crippen LogP) is 3.17. The largest absolute Gasteiger partial charge is 0.305 e. The summed E-state index contributed by atoms with van der Waals surface area (Å²) in [4.78, 5) is 26.4. The first kappa shape index (κ1) is 14.9. The van der Waals surface area contributed by atoms with Crippen LogP contribution >= 0.6 is 11.6 Å². The lowest BCUT2D eigenvalue weighted by molar-refractivity contribution is -0.384. The van der Waals surface area contributed by atoms with Crippen molar-refractivity contribution >= 4 is 35.1 Å². The highest BCUT2D eigenvalue weighted by molar-refractivity contribution is 6.32. The van der Waals surface area contributed by atoms with Crippen LogP contribution in [0.4, 0.5) is 5.69 Å². The van der Waals surface area contributed by atoms with Crippen LogP contribution in [0, 0.1) is 10.1 Å². The molecule has 1 aliphatic rings. The Balaban J connectivity index is 1.92. The number of carbonyl (C=O) groups is 1. The number of hydrogen-bond acceptors (Lipinski definition) is 4. The van der Waals surface area contributed by atoms with E-state index in [1.807, 2.05) is 6.07 Å². The highest BCUT2D eigenvalue weighted by atomic mass is 35.5. The summed E-state index contributed by atoms with van der Waals surface area (Å²) >= 11 is 6.06. The molecule has 0 saturated heterocycles. The van der Waals surface area contributed by atoms with E-state index in [4.69, 9.17) is 11.6 Å². The van der Waals surface area contributed by atoms with E-state index in [2.05, 4.69) is 10.3 Å². The number of nitrogens with zero attached hydrogens (tertiary/aromatic N) is 2. The number of nitrogens with one attached hydrogen (secondary N) is 1. The average Bonchev–Trinajstić information content (AvgIpc) is 2.91. The molecule has 0 unspecified atom stereocenters. The van der Waals surface area contributed by atoms with Crippen LogP contribution in [0.2, 0.25) is 5.02 Å². The molecule has 1 heterocycles. The maximum Gasteiger partial charge on any atom is 0.275 e. The van der Waals surface area contributed by atoms with Crippen LogP contribution in [0.3, 0.4) is 0 Å². The van der Waals surface area contributed by atoms with Gasteiger partial charge in [-0.15, -0.1) is 0 Å². The first-order valence-corrected chi connectivity index (χ1v) is 7.03. The summed E-state index contributed by atoms with van der Waals surface area (Å²) in [6, 6.07) is 12.9. The molecule has 1 N–H and O–H groups in total. The summed E-state index contributed by atoms with van der Waals surface area (Å²) in [6.45, 7) is 0. The number of carbonyl (C=O) groups excluding carboxylic acids is 1. The molecule has 0 spiro atoms. The maximum absolute atomic E-state index is 12.0. The molecule has 2 aromatic rings. The molecule has 0 radical (unpaired) electrons. The van der Waals surface area contributed by atoms with E-state index in [1.165, 1.54) is 24.3 Å². The lowest BCUT2D eigenvalue weighted by Gasteiger charge is -1.99. The minimum Gasteiger partial charge on any atom is -0.305 e. The van der Waals surface area contributed by atoms with Crippen molar-refractivity contribution in [3.63, 3.8) is 0 Å². The van der Waals surface area contributed by atoms with Gasteiger partial charge in [0.2, 0.25) is 0 Å². The monoisotopic (exact) mass is 327 g/mol. The van der Waals surface area contributed by atoms with Gasteiger partial charge < -0.3 is 5.32 Å². The highest BCUT2D eigenvalue weighted by Crippen LogP contribution is 2.21. The molecule has 0 saturated carbocycles. The molecule has 0 aliphatic carbocycles. The molecule has 0 fully saturated rings. The number of nitro groups is 1. The van der Waals surface area contributed by atoms with Gasteiger partial charge in [-0.2, -0.15) is 0 Å². The molecule has 0 aromatic heterocycles. The molecule has 1 aliphatic heterocycles. The van der Waals surface area contributed by atoms with E-state index in [-0.39, 0.29) is 17.3 Å². The van der Waals surface area contributed by atoms with Crippen LogP contribution < -0.4 is 5.32 Å². The predicted molar refractivity (Wildman–Crippen MR) is 87.2 cm³/mol. The Morgan fingerprint density at radius 3 is 2.48 bits per heavy atom. The van der Waals surface area contributed by atoms with Gasteiger partial charge in [0, 0.05) is 22.7 Å². The number of benzene rings is 2. The van der Waals surface area contributed by atoms with E-state index in [9.17, 15) is 14.9 Å². The van der Waals surface area contributed by atoms with E-state index in [0.29, 0.717) is 22.0 Å². The lowest BCUT2D eigenvalue weighted by atomic mass is 10.2. The van der Waals surface area contributed by atoms with Crippen molar-refractivity contribution in [1.82, 2.24) is 5.32 Å². The number of halogens is 1. The Kier molecular flexibility index (Phi) is 3.91. The van der Waals surface area contributed by atoms with Crippen LogP contribution in [0.15, 0.2) is 59.2 Å². The van der Waals surface area contributed by atoms with Crippen molar-refractivity contribution in [3.05, 3.63) is 80.5 Å². The van der Waals surface area contributed by atoms with Gasteiger partial charge in [0.05, 0.1) is 4.92 Å². The number of rotatable bonds is 3. The third-order valence-electron chi connectivity index (χ3n) is 3.25. The van der Waals surface area contributed by atoms with Crippen LogP contribution in [0.1, 0.15) is 11.1 Å². The highest BCUT2D eigenvalue weighted by Gasteiger charge is 2.21. The normalized spacial score (nSPS) is 15.4. The average molecular weight is 328 g/mol. The third kappa shape index (κ3) is 3.12. The summed E-state index contributed by atoms with van der Waals surface area (Å²) in [5.74, 6) is 0.00136. The maximum atomic E-state index is 12.0. The fraction of sp³-hybridized carbons (Fsp3) is 0. The van der Waals surface area contributed by atoms with Gasteiger partial charge in [-0.1, -0.05) is 29.8 Å². The Bertz CT molecular complexity index is 857. The minimum atomic E-state index is -0.485. The second kappa shape index (κ2) is 6.02. The number of hydrogen-bond donors (Lipinski definition) is 1. The molecule has 0 bridgehead atoms. The van der Waals surface area contributed by atoms with Gasteiger partial charge in [0.1, 0.15) is 11.5 Å². The summed E-state index contributed by atoms with van der Waals surface area (Å²) < 4.78 is 0. The van der Waals surface area contributed by atoms with Crippen LogP contribution in [-0.4, -0.2) is 16.7 Å². The smallest absolute Gasteiger partial charge is 0.275 e. The van der Waals surface area contributed by atoms with E-state index in [1.54, 1.807) is 24.3 Å². The minimum absolute atomic E-state index is 0.0227.